The van der Waals surface area contributed by atoms with Crippen LogP contribution in [0.4, 0.5) is 0 Å². The molecule has 6 heteroatoms. The van der Waals surface area contributed by atoms with Crippen molar-refractivity contribution >= 4 is 21.6 Å². The van der Waals surface area contributed by atoms with Crippen LogP contribution in [0.2, 0.25) is 5.15 Å². The molecule has 16 heavy (non-hydrogen) atoms. The SMILES string of the molecule is C/C=C/CCNS(=O)(=O)c1ccnc(Cl)c1. The lowest BCUT2D eigenvalue weighted by Gasteiger charge is -2.05. The minimum atomic E-state index is -3.47. The van der Waals surface area contributed by atoms with Gasteiger partial charge in [-0.1, -0.05) is 23.8 Å². The van der Waals surface area contributed by atoms with E-state index in [0.717, 1.165) is 0 Å². The number of nitrogens with one attached hydrogen (secondary N) is 1. The van der Waals surface area contributed by atoms with Crippen molar-refractivity contribution in [2.75, 3.05) is 6.54 Å². The topological polar surface area (TPSA) is 59.1 Å². The van der Waals surface area contributed by atoms with Crippen molar-refractivity contribution < 1.29 is 8.42 Å². The van der Waals surface area contributed by atoms with Crippen LogP contribution in [0.1, 0.15) is 13.3 Å². The Morgan fingerprint density at radius 1 is 1.56 bits per heavy atom. The first-order chi connectivity index (χ1) is 7.56. The molecule has 1 heterocycles. The first-order valence-corrected chi connectivity index (χ1v) is 6.65. The van der Waals surface area contributed by atoms with Gasteiger partial charge in [-0.25, -0.2) is 18.1 Å². The Morgan fingerprint density at radius 3 is 2.94 bits per heavy atom. The van der Waals surface area contributed by atoms with Gasteiger partial charge in [-0.15, -0.1) is 0 Å². The summed E-state index contributed by atoms with van der Waals surface area (Å²) in [5, 5.41) is 0.163. The minimum absolute atomic E-state index is 0.132. The Kier molecular flexibility index (Phi) is 4.92. The molecule has 0 bridgehead atoms. The Bertz CT molecular complexity index is 471. The molecule has 0 spiro atoms. The molecular formula is C10H13ClN2O2S. The van der Waals surface area contributed by atoms with E-state index >= 15 is 0 Å². The highest BCUT2D eigenvalue weighted by Crippen LogP contribution is 2.12. The van der Waals surface area contributed by atoms with E-state index in [1.807, 2.05) is 19.1 Å². The van der Waals surface area contributed by atoms with Crippen LogP contribution in [-0.4, -0.2) is 19.9 Å². The lowest BCUT2D eigenvalue weighted by Crippen LogP contribution is -2.24. The van der Waals surface area contributed by atoms with Crippen molar-refractivity contribution in [2.45, 2.75) is 18.2 Å². The number of aromatic nitrogens is 1. The van der Waals surface area contributed by atoms with Crippen LogP contribution >= 0.6 is 11.6 Å². The molecule has 0 fully saturated rings. The molecule has 0 aliphatic heterocycles. The van der Waals surface area contributed by atoms with Crippen molar-refractivity contribution in [3.63, 3.8) is 0 Å². The average Bonchev–Trinajstić information content (AvgIpc) is 2.24. The van der Waals surface area contributed by atoms with Gasteiger partial charge in [0.15, 0.2) is 0 Å². The summed E-state index contributed by atoms with van der Waals surface area (Å²) in [6.07, 6.45) is 5.79. The summed E-state index contributed by atoms with van der Waals surface area (Å²) >= 11 is 5.62. The van der Waals surface area contributed by atoms with Crippen molar-refractivity contribution in [2.24, 2.45) is 0 Å². The van der Waals surface area contributed by atoms with Crippen molar-refractivity contribution in [1.82, 2.24) is 9.71 Å². The molecule has 0 saturated carbocycles. The highest BCUT2D eigenvalue weighted by molar-refractivity contribution is 7.89. The van der Waals surface area contributed by atoms with Gasteiger partial charge in [-0.2, -0.15) is 0 Å². The highest BCUT2D eigenvalue weighted by atomic mass is 35.5. The van der Waals surface area contributed by atoms with E-state index in [1.165, 1.54) is 18.3 Å². The maximum absolute atomic E-state index is 11.7. The maximum atomic E-state index is 11.7. The van der Waals surface area contributed by atoms with Crippen LogP contribution in [0, 0.1) is 0 Å². The number of rotatable bonds is 5. The summed E-state index contributed by atoms with van der Waals surface area (Å²) in [4.78, 5) is 3.86. The van der Waals surface area contributed by atoms with Gasteiger partial charge in [-0.3, -0.25) is 0 Å². The molecule has 0 unspecified atom stereocenters. The summed E-state index contributed by atoms with van der Waals surface area (Å²) in [7, 11) is -3.47. The molecule has 0 aromatic carbocycles. The van der Waals surface area contributed by atoms with Gasteiger partial charge in [-0.05, 0) is 25.5 Å². The summed E-state index contributed by atoms with van der Waals surface area (Å²) < 4.78 is 25.9. The van der Waals surface area contributed by atoms with E-state index in [4.69, 9.17) is 11.6 Å². The van der Waals surface area contributed by atoms with E-state index in [0.29, 0.717) is 13.0 Å². The third kappa shape index (κ3) is 3.92. The summed E-state index contributed by atoms with van der Waals surface area (Å²) in [6.45, 7) is 2.25. The zero-order valence-electron chi connectivity index (χ0n) is 8.85. The molecule has 1 rings (SSSR count). The van der Waals surface area contributed by atoms with Crippen LogP contribution < -0.4 is 4.72 Å². The first-order valence-electron chi connectivity index (χ1n) is 4.78. The monoisotopic (exact) mass is 260 g/mol. The van der Waals surface area contributed by atoms with Gasteiger partial charge in [0.2, 0.25) is 10.0 Å². The van der Waals surface area contributed by atoms with E-state index < -0.39 is 10.0 Å². The van der Waals surface area contributed by atoms with Crippen molar-refractivity contribution in [3.05, 3.63) is 35.6 Å². The minimum Gasteiger partial charge on any atom is -0.244 e. The first kappa shape index (κ1) is 13.2. The molecule has 0 amide bonds. The average molecular weight is 261 g/mol. The number of sulfonamides is 1. The smallest absolute Gasteiger partial charge is 0.240 e. The molecule has 88 valence electrons. The van der Waals surface area contributed by atoms with Crippen LogP contribution in [-0.2, 0) is 10.0 Å². The Balaban J connectivity index is 2.71. The van der Waals surface area contributed by atoms with Crippen LogP contribution in [0.5, 0.6) is 0 Å². The highest BCUT2D eigenvalue weighted by Gasteiger charge is 2.13. The van der Waals surface area contributed by atoms with Crippen LogP contribution in [0.25, 0.3) is 0 Å². The van der Waals surface area contributed by atoms with Gasteiger partial charge in [0.05, 0.1) is 4.90 Å². The van der Waals surface area contributed by atoms with E-state index in [1.54, 1.807) is 0 Å². The molecule has 0 aliphatic carbocycles. The zero-order chi connectivity index (χ0) is 12.0. The summed E-state index contributed by atoms with van der Waals surface area (Å²) in [5.74, 6) is 0. The molecule has 1 aromatic rings. The number of pyridine rings is 1. The maximum Gasteiger partial charge on any atom is 0.240 e. The fraction of sp³-hybridized carbons (Fsp3) is 0.300. The van der Waals surface area contributed by atoms with E-state index in [-0.39, 0.29) is 10.0 Å². The second-order valence-electron chi connectivity index (χ2n) is 3.07. The Morgan fingerprint density at radius 2 is 2.31 bits per heavy atom. The second kappa shape index (κ2) is 5.98. The quantitative estimate of drug-likeness (QED) is 0.500. The fourth-order valence-electron chi connectivity index (χ4n) is 1.08. The van der Waals surface area contributed by atoms with Gasteiger partial charge in [0.1, 0.15) is 5.15 Å². The Labute approximate surface area is 100 Å². The lowest BCUT2D eigenvalue weighted by atomic mass is 10.4. The molecule has 1 aromatic heterocycles. The number of halogens is 1. The standard InChI is InChI=1S/C10H13ClN2O2S/c1-2-3-4-6-13-16(14,15)9-5-7-12-10(11)8-9/h2-3,5,7-8,13H,4,6H2,1H3/b3-2+. The number of nitrogens with zero attached hydrogens (tertiary/aromatic N) is 1. The fourth-order valence-corrected chi connectivity index (χ4v) is 2.38. The summed E-state index contributed by atoms with van der Waals surface area (Å²) in [6, 6.07) is 2.73. The number of hydrogen-bond acceptors (Lipinski definition) is 3. The number of hydrogen-bond donors (Lipinski definition) is 1. The largest absolute Gasteiger partial charge is 0.244 e. The number of allylic oxidation sites excluding steroid dienone is 1. The van der Waals surface area contributed by atoms with Gasteiger partial charge < -0.3 is 0 Å². The van der Waals surface area contributed by atoms with E-state index in [9.17, 15) is 8.42 Å². The Hall–Kier alpha value is -0.910. The van der Waals surface area contributed by atoms with Gasteiger partial charge in [0, 0.05) is 12.7 Å². The predicted molar refractivity (Wildman–Crippen MR) is 63.9 cm³/mol. The predicted octanol–water partition coefficient (Wildman–Crippen LogP) is 1.98. The van der Waals surface area contributed by atoms with Crippen LogP contribution in [0.3, 0.4) is 0 Å². The normalized spacial score (nSPS) is 12.1. The molecule has 1 N–H and O–H groups in total. The zero-order valence-corrected chi connectivity index (χ0v) is 10.4. The third-order valence-electron chi connectivity index (χ3n) is 1.85. The second-order valence-corrected chi connectivity index (χ2v) is 5.22. The van der Waals surface area contributed by atoms with Crippen LogP contribution in [0.15, 0.2) is 35.4 Å². The van der Waals surface area contributed by atoms with E-state index in [2.05, 4.69) is 9.71 Å². The van der Waals surface area contributed by atoms with Crippen molar-refractivity contribution in [1.29, 1.82) is 0 Å². The summed E-state index contributed by atoms with van der Waals surface area (Å²) in [5.41, 5.74) is 0. The molecule has 0 radical (unpaired) electrons. The van der Waals surface area contributed by atoms with Gasteiger partial charge >= 0.3 is 0 Å². The molecule has 4 nitrogen and oxygen atoms in total. The third-order valence-corrected chi connectivity index (χ3v) is 3.51. The molecule has 0 saturated heterocycles. The molecular weight excluding hydrogens is 248 g/mol. The lowest BCUT2D eigenvalue weighted by molar-refractivity contribution is 0.582. The van der Waals surface area contributed by atoms with Gasteiger partial charge in [0.25, 0.3) is 0 Å². The van der Waals surface area contributed by atoms with Crippen molar-refractivity contribution in [3.8, 4) is 0 Å². The molecule has 0 aliphatic rings. The molecule has 0 atom stereocenters.